The Morgan fingerprint density at radius 3 is 2.42 bits per heavy atom. The summed E-state index contributed by atoms with van der Waals surface area (Å²) in [7, 11) is 0. The number of fused-ring (bicyclic) bond motifs is 3. The van der Waals surface area contributed by atoms with Crippen LogP contribution in [0.15, 0.2) is 78.9 Å². The molecule has 7 heteroatoms. The highest BCUT2D eigenvalue weighted by atomic mass is 16.2. The van der Waals surface area contributed by atoms with E-state index >= 15 is 0 Å². The molecule has 1 amide bonds. The van der Waals surface area contributed by atoms with Gasteiger partial charge in [-0.15, -0.1) is 0 Å². The molecule has 0 bridgehead atoms. The second-order valence-electron chi connectivity index (χ2n) is 7.79. The Morgan fingerprint density at radius 2 is 1.70 bits per heavy atom. The lowest BCUT2D eigenvalue weighted by Crippen LogP contribution is -2.29. The van der Waals surface area contributed by atoms with E-state index in [1.807, 2.05) is 48.5 Å². The fourth-order valence-electron chi connectivity index (χ4n) is 4.10. The number of carbonyl (C=O) groups is 2. The molecule has 7 nitrogen and oxygen atoms in total. The van der Waals surface area contributed by atoms with E-state index in [0.29, 0.717) is 23.4 Å². The second-order valence-corrected chi connectivity index (χ2v) is 7.79. The molecular weight excluding hydrogens is 414 g/mol. The van der Waals surface area contributed by atoms with Crippen LogP contribution in [0.25, 0.3) is 16.9 Å². The number of anilines is 2. The van der Waals surface area contributed by atoms with Gasteiger partial charge in [0.15, 0.2) is 5.92 Å². The minimum atomic E-state index is -1.52. The van der Waals surface area contributed by atoms with Gasteiger partial charge in [-0.25, -0.2) is 4.68 Å². The summed E-state index contributed by atoms with van der Waals surface area (Å²) in [6.07, 6.45) is 0.500. The van der Waals surface area contributed by atoms with Crippen molar-refractivity contribution in [2.45, 2.75) is 6.42 Å². The van der Waals surface area contributed by atoms with Gasteiger partial charge in [0.05, 0.1) is 17.5 Å². The Balaban J connectivity index is 1.57. The van der Waals surface area contributed by atoms with E-state index in [1.54, 1.807) is 41.1 Å². The average Bonchev–Trinajstić information content (AvgIpc) is 3.38. The van der Waals surface area contributed by atoms with E-state index in [2.05, 4.69) is 10.4 Å². The zero-order valence-corrected chi connectivity index (χ0v) is 17.5. The molecule has 3 aromatic carbocycles. The van der Waals surface area contributed by atoms with Gasteiger partial charge < -0.3 is 11.1 Å². The van der Waals surface area contributed by atoms with Crippen molar-refractivity contribution < 1.29 is 9.59 Å². The predicted molar refractivity (Wildman–Crippen MR) is 125 cm³/mol. The molecule has 0 aliphatic heterocycles. The number of ketones is 1. The first-order valence-corrected chi connectivity index (χ1v) is 10.4. The molecule has 1 heterocycles. The molecule has 5 rings (SSSR count). The Morgan fingerprint density at radius 1 is 1.00 bits per heavy atom. The maximum atomic E-state index is 13.4. The smallest absolute Gasteiger partial charge is 0.249 e. The van der Waals surface area contributed by atoms with Gasteiger partial charge >= 0.3 is 0 Å². The first kappa shape index (κ1) is 20.2. The van der Waals surface area contributed by atoms with E-state index in [9.17, 15) is 14.9 Å². The Kier molecular flexibility index (Phi) is 4.96. The number of hydrogen-bond donors (Lipinski definition) is 2. The number of nitrogens with one attached hydrogen (secondary N) is 1. The molecule has 0 fully saturated rings. The quantitative estimate of drug-likeness (QED) is 0.247. The van der Waals surface area contributed by atoms with Crippen LogP contribution in [0.5, 0.6) is 0 Å². The molecule has 0 saturated heterocycles. The van der Waals surface area contributed by atoms with E-state index in [4.69, 9.17) is 5.73 Å². The maximum absolute atomic E-state index is 13.4. The summed E-state index contributed by atoms with van der Waals surface area (Å²) in [6, 6.07) is 25.6. The van der Waals surface area contributed by atoms with Crippen LogP contribution >= 0.6 is 0 Å². The van der Waals surface area contributed by atoms with Crippen molar-refractivity contribution in [3.8, 4) is 23.0 Å². The molecular formula is C26H19N5O2. The van der Waals surface area contributed by atoms with Crippen LogP contribution in [-0.4, -0.2) is 21.5 Å². The number of Topliss-reactive ketones (excluding diaryl/α,β-unsaturated/α-hetero) is 1. The molecule has 1 unspecified atom stereocenters. The lowest BCUT2D eigenvalue weighted by atomic mass is 9.98. The third kappa shape index (κ3) is 3.54. The van der Waals surface area contributed by atoms with E-state index in [1.165, 1.54) is 0 Å². The van der Waals surface area contributed by atoms with Gasteiger partial charge in [-0.05, 0) is 42.0 Å². The summed E-state index contributed by atoms with van der Waals surface area (Å²) in [6.45, 7) is 0. The molecule has 1 aromatic heterocycles. The number of rotatable bonds is 5. The van der Waals surface area contributed by atoms with Crippen LogP contribution in [0.3, 0.4) is 0 Å². The predicted octanol–water partition coefficient (Wildman–Crippen LogP) is 3.99. The van der Waals surface area contributed by atoms with Crippen molar-refractivity contribution in [2.24, 2.45) is 5.92 Å². The lowest BCUT2D eigenvalue weighted by Gasteiger charge is -2.09. The van der Waals surface area contributed by atoms with Crippen LogP contribution in [0.2, 0.25) is 0 Å². The second kappa shape index (κ2) is 8.09. The van der Waals surface area contributed by atoms with Gasteiger partial charge in [0.25, 0.3) is 0 Å². The molecule has 160 valence electrons. The molecule has 1 atom stereocenters. The highest BCUT2D eigenvalue weighted by molar-refractivity contribution is 6.16. The number of amides is 1. The van der Waals surface area contributed by atoms with Crippen LogP contribution in [0, 0.1) is 17.2 Å². The number of nitrogens with zero attached hydrogens (tertiary/aromatic N) is 3. The monoisotopic (exact) mass is 433 g/mol. The van der Waals surface area contributed by atoms with Crippen LogP contribution in [0.1, 0.15) is 21.6 Å². The first-order chi connectivity index (χ1) is 16.1. The number of carbonyl (C=O) groups excluding carboxylic acids is 2. The molecule has 3 N–H and O–H groups in total. The van der Waals surface area contributed by atoms with E-state index in [-0.39, 0.29) is 5.69 Å². The summed E-state index contributed by atoms with van der Waals surface area (Å²) < 4.78 is 1.69. The Labute approximate surface area is 190 Å². The number of nitriles is 1. The summed E-state index contributed by atoms with van der Waals surface area (Å²) in [4.78, 5) is 26.2. The van der Waals surface area contributed by atoms with Crippen LogP contribution < -0.4 is 11.1 Å². The highest BCUT2D eigenvalue weighted by Gasteiger charge is 2.36. The van der Waals surface area contributed by atoms with Crippen molar-refractivity contribution in [1.82, 2.24) is 9.78 Å². The fraction of sp³-hybridized carbons (Fsp3) is 0.0769. The molecule has 33 heavy (non-hydrogen) atoms. The minimum Gasteiger partial charge on any atom is -0.399 e. The molecule has 0 spiro atoms. The number of nitrogen functional groups attached to an aromatic ring is 1. The van der Waals surface area contributed by atoms with Gasteiger partial charge in [-0.3, -0.25) is 9.59 Å². The Hall–Kier alpha value is -4.70. The van der Waals surface area contributed by atoms with Gasteiger partial charge in [-0.2, -0.15) is 10.4 Å². The molecule has 1 aliphatic rings. The number of nitrogens with two attached hydrogens (primary N) is 1. The normalized spacial score (nSPS) is 12.3. The SMILES string of the molecule is N#CC(C(=O)Nc1ccccc1)C(=O)c1nn(-c2ccc(N)cc2)c2c1Cc1ccccc1-2. The number of hydrogen-bond acceptors (Lipinski definition) is 5. The van der Waals surface area contributed by atoms with Crippen LogP contribution in [0.4, 0.5) is 11.4 Å². The lowest BCUT2D eigenvalue weighted by molar-refractivity contribution is -0.117. The Bertz CT molecular complexity index is 1420. The van der Waals surface area contributed by atoms with E-state index < -0.39 is 17.6 Å². The van der Waals surface area contributed by atoms with Crippen molar-refractivity contribution in [3.05, 3.63) is 95.7 Å². The van der Waals surface area contributed by atoms with Crippen LogP contribution in [-0.2, 0) is 11.2 Å². The molecule has 1 aliphatic carbocycles. The number of para-hydroxylation sites is 1. The van der Waals surface area contributed by atoms with Crippen molar-refractivity contribution in [2.75, 3.05) is 11.1 Å². The van der Waals surface area contributed by atoms with Crippen molar-refractivity contribution in [3.63, 3.8) is 0 Å². The number of benzene rings is 3. The summed E-state index contributed by atoms with van der Waals surface area (Å²) in [5.74, 6) is -2.82. The van der Waals surface area contributed by atoms with Crippen molar-refractivity contribution >= 4 is 23.1 Å². The largest absolute Gasteiger partial charge is 0.399 e. The minimum absolute atomic E-state index is 0.132. The number of aromatic nitrogens is 2. The summed E-state index contributed by atoms with van der Waals surface area (Å²) in [5, 5.41) is 16.9. The molecule has 0 radical (unpaired) electrons. The topological polar surface area (TPSA) is 114 Å². The maximum Gasteiger partial charge on any atom is 0.249 e. The van der Waals surface area contributed by atoms with Gasteiger partial charge in [0, 0.05) is 28.9 Å². The molecule has 0 saturated carbocycles. The standard InChI is InChI=1S/C26H19N5O2/c27-15-22(26(33)29-18-7-2-1-3-8-18)25(32)23-21-14-16-6-4-5-9-20(16)24(21)31(30-23)19-12-10-17(28)11-13-19/h1-13,22H,14,28H2,(H,29,33). The zero-order valence-electron chi connectivity index (χ0n) is 17.5. The third-order valence-corrected chi connectivity index (χ3v) is 5.69. The summed E-state index contributed by atoms with van der Waals surface area (Å²) >= 11 is 0. The van der Waals surface area contributed by atoms with Gasteiger partial charge in [-0.1, -0.05) is 42.5 Å². The third-order valence-electron chi connectivity index (χ3n) is 5.69. The first-order valence-electron chi connectivity index (χ1n) is 10.4. The highest BCUT2D eigenvalue weighted by Crippen LogP contribution is 2.40. The fourth-order valence-corrected chi connectivity index (χ4v) is 4.10. The van der Waals surface area contributed by atoms with Gasteiger partial charge in [0.1, 0.15) is 5.69 Å². The van der Waals surface area contributed by atoms with Gasteiger partial charge in [0.2, 0.25) is 11.7 Å². The van der Waals surface area contributed by atoms with E-state index in [0.717, 1.165) is 22.5 Å². The average molecular weight is 433 g/mol. The zero-order chi connectivity index (χ0) is 22.9. The van der Waals surface area contributed by atoms with Crippen molar-refractivity contribution in [1.29, 1.82) is 5.26 Å². The summed E-state index contributed by atoms with van der Waals surface area (Å²) in [5.41, 5.74) is 11.4. The molecule has 4 aromatic rings.